The zero-order chi connectivity index (χ0) is 10.6. The fourth-order valence-electron chi connectivity index (χ4n) is 1.96. The second kappa shape index (κ2) is 4.67. The molecule has 0 aromatic heterocycles. The lowest BCUT2D eigenvalue weighted by atomic mass is 9.84. The van der Waals surface area contributed by atoms with Crippen LogP contribution in [0.25, 0.3) is 0 Å². The minimum Gasteiger partial charge on any atom is -0.338 e. The first-order valence-electron chi connectivity index (χ1n) is 5.64. The van der Waals surface area contributed by atoms with Gasteiger partial charge in [-0.25, -0.2) is 4.79 Å². The molecular formula is C11H22N2O. The van der Waals surface area contributed by atoms with Gasteiger partial charge in [-0.05, 0) is 31.6 Å². The van der Waals surface area contributed by atoms with Crippen molar-refractivity contribution in [2.24, 2.45) is 5.92 Å². The summed E-state index contributed by atoms with van der Waals surface area (Å²) in [5.74, 6) is 0.713. The van der Waals surface area contributed by atoms with Crippen LogP contribution in [0.1, 0.15) is 46.5 Å². The zero-order valence-corrected chi connectivity index (χ0v) is 9.52. The maximum absolute atomic E-state index is 11.3. The molecule has 0 aromatic rings. The average molecular weight is 198 g/mol. The first-order chi connectivity index (χ1) is 6.58. The van der Waals surface area contributed by atoms with Gasteiger partial charge < -0.3 is 10.6 Å². The van der Waals surface area contributed by atoms with Gasteiger partial charge in [-0.15, -0.1) is 0 Å². The summed E-state index contributed by atoms with van der Waals surface area (Å²) >= 11 is 0. The van der Waals surface area contributed by atoms with Gasteiger partial charge in [-0.1, -0.05) is 20.8 Å². The van der Waals surface area contributed by atoms with E-state index < -0.39 is 0 Å². The Hall–Kier alpha value is -0.730. The summed E-state index contributed by atoms with van der Waals surface area (Å²) in [5, 5.41) is 5.89. The van der Waals surface area contributed by atoms with E-state index in [1.165, 1.54) is 6.42 Å². The second-order valence-electron chi connectivity index (χ2n) is 4.70. The Morgan fingerprint density at radius 3 is 2.71 bits per heavy atom. The number of urea groups is 1. The Balaban J connectivity index is 2.51. The lowest BCUT2D eigenvalue weighted by molar-refractivity contribution is 0.192. The van der Waals surface area contributed by atoms with Crippen LogP contribution in [-0.4, -0.2) is 18.1 Å². The summed E-state index contributed by atoms with van der Waals surface area (Å²) in [6.07, 6.45) is 4.39. The maximum Gasteiger partial charge on any atom is 0.315 e. The van der Waals surface area contributed by atoms with Crippen LogP contribution in [0.3, 0.4) is 0 Å². The predicted molar refractivity (Wildman–Crippen MR) is 58.2 cm³/mol. The second-order valence-corrected chi connectivity index (χ2v) is 4.70. The zero-order valence-electron chi connectivity index (χ0n) is 9.52. The SMILES string of the molecule is CCC1(CCC(C)C)CCNC(=O)N1. The highest BCUT2D eigenvalue weighted by molar-refractivity contribution is 5.75. The Kier molecular flexibility index (Phi) is 3.78. The minimum absolute atomic E-state index is 0.00172. The molecule has 0 bridgehead atoms. The van der Waals surface area contributed by atoms with Crippen LogP contribution in [0.15, 0.2) is 0 Å². The van der Waals surface area contributed by atoms with Crippen molar-refractivity contribution in [3.8, 4) is 0 Å². The molecule has 1 fully saturated rings. The molecule has 2 amide bonds. The molecule has 14 heavy (non-hydrogen) atoms. The van der Waals surface area contributed by atoms with Crippen LogP contribution in [-0.2, 0) is 0 Å². The van der Waals surface area contributed by atoms with Crippen molar-refractivity contribution in [2.45, 2.75) is 52.0 Å². The van der Waals surface area contributed by atoms with Crippen LogP contribution in [0, 0.1) is 5.92 Å². The number of carbonyl (C=O) groups is 1. The topological polar surface area (TPSA) is 41.1 Å². The van der Waals surface area contributed by atoms with Crippen molar-refractivity contribution in [1.29, 1.82) is 0 Å². The van der Waals surface area contributed by atoms with Crippen molar-refractivity contribution in [3.05, 3.63) is 0 Å². The Morgan fingerprint density at radius 2 is 2.21 bits per heavy atom. The summed E-state index contributed by atoms with van der Waals surface area (Å²) in [6.45, 7) is 7.43. The van der Waals surface area contributed by atoms with Gasteiger partial charge in [-0.3, -0.25) is 0 Å². The number of rotatable bonds is 4. The number of amides is 2. The van der Waals surface area contributed by atoms with Crippen LogP contribution in [0.2, 0.25) is 0 Å². The van der Waals surface area contributed by atoms with E-state index in [1.807, 2.05) is 0 Å². The Labute approximate surface area is 86.6 Å². The third kappa shape index (κ3) is 2.89. The smallest absolute Gasteiger partial charge is 0.315 e. The van der Waals surface area contributed by atoms with Crippen LogP contribution < -0.4 is 10.6 Å². The molecule has 0 aromatic carbocycles. The maximum atomic E-state index is 11.3. The van der Waals surface area contributed by atoms with Gasteiger partial charge in [0, 0.05) is 12.1 Å². The quantitative estimate of drug-likeness (QED) is 0.715. The van der Waals surface area contributed by atoms with Gasteiger partial charge in [0.25, 0.3) is 0 Å². The molecule has 3 nitrogen and oxygen atoms in total. The van der Waals surface area contributed by atoms with E-state index in [4.69, 9.17) is 0 Å². The summed E-state index contributed by atoms with van der Waals surface area (Å²) in [7, 11) is 0. The number of carbonyl (C=O) groups excluding carboxylic acids is 1. The van der Waals surface area contributed by atoms with Gasteiger partial charge >= 0.3 is 6.03 Å². The molecule has 1 aliphatic rings. The standard InChI is InChI=1S/C11H22N2O/c1-4-11(6-5-9(2)3)7-8-12-10(14)13-11/h9H,4-8H2,1-3H3,(H2,12,13,14). The molecule has 0 aliphatic carbocycles. The fourth-order valence-corrected chi connectivity index (χ4v) is 1.96. The van der Waals surface area contributed by atoms with Gasteiger partial charge in [-0.2, -0.15) is 0 Å². The minimum atomic E-state index is 0.00172. The van der Waals surface area contributed by atoms with E-state index in [-0.39, 0.29) is 11.6 Å². The molecule has 3 heteroatoms. The highest BCUT2D eigenvalue weighted by Gasteiger charge is 2.32. The first kappa shape index (κ1) is 11.3. The molecule has 0 saturated carbocycles. The molecule has 2 N–H and O–H groups in total. The Bertz CT molecular complexity index is 203. The molecule has 1 atom stereocenters. The van der Waals surface area contributed by atoms with Crippen molar-refractivity contribution in [1.82, 2.24) is 10.6 Å². The van der Waals surface area contributed by atoms with Gasteiger partial charge in [0.05, 0.1) is 0 Å². The molecule has 1 unspecified atom stereocenters. The van der Waals surface area contributed by atoms with Crippen molar-refractivity contribution >= 4 is 6.03 Å². The molecule has 1 heterocycles. The molecular weight excluding hydrogens is 176 g/mol. The third-order valence-electron chi connectivity index (χ3n) is 3.14. The number of hydrogen-bond donors (Lipinski definition) is 2. The van der Waals surface area contributed by atoms with E-state index in [0.717, 1.165) is 25.8 Å². The van der Waals surface area contributed by atoms with E-state index in [2.05, 4.69) is 31.4 Å². The van der Waals surface area contributed by atoms with Crippen molar-refractivity contribution < 1.29 is 4.79 Å². The van der Waals surface area contributed by atoms with Gasteiger partial charge in [0.2, 0.25) is 0 Å². The highest BCUT2D eigenvalue weighted by Crippen LogP contribution is 2.25. The van der Waals surface area contributed by atoms with Crippen LogP contribution in [0.5, 0.6) is 0 Å². The van der Waals surface area contributed by atoms with Crippen LogP contribution >= 0.6 is 0 Å². The third-order valence-corrected chi connectivity index (χ3v) is 3.14. The normalized spacial score (nSPS) is 27.3. The summed E-state index contributed by atoms with van der Waals surface area (Å²) in [4.78, 5) is 11.3. The Morgan fingerprint density at radius 1 is 1.50 bits per heavy atom. The summed E-state index contributed by atoms with van der Waals surface area (Å²) < 4.78 is 0. The molecule has 1 aliphatic heterocycles. The monoisotopic (exact) mass is 198 g/mol. The van der Waals surface area contributed by atoms with Crippen LogP contribution in [0.4, 0.5) is 4.79 Å². The lowest BCUT2D eigenvalue weighted by Crippen LogP contribution is -2.58. The molecule has 0 radical (unpaired) electrons. The molecule has 1 saturated heterocycles. The lowest BCUT2D eigenvalue weighted by Gasteiger charge is -2.38. The molecule has 0 spiro atoms. The van der Waals surface area contributed by atoms with Crippen molar-refractivity contribution in [3.63, 3.8) is 0 Å². The largest absolute Gasteiger partial charge is 0.338 e. The predicted octanol–water partition coefficient (Wildman–Crippen LogP) is 2.27. The summed E-state index contributed by atoms with van der Waals surface area (Å²) in [6, 6.07) is 0.00172. The van der Waals surface area contributed by atoms with E-state index in [1.54, 1.807) is 0 Å². The van der Waals surface area contributed by atoms with E-state index in [0.29, 0.717) is 5.92 Å². The van der Waals surface area contributed by atoms with Gasteiger partial charge in [0.1, 0.15) is 0 Å². The van der Waals surface area contributed by atoms with E-state index >= 15 is 0 Å². The van der Waals surface area contributed by atoms with E-state index in [9.17, 15) is 4.79 Å². The molecule has 1 rings (SSSR count). The molecule has 82 valence electrons. The average Bonchev–Trinajstić information content (AvgIpc) is 2.15. The fraction of sp³-hybridized carbons (Fsp3) is 0.909. The first-order valence-corrected chi connectivity index (χ1v) is 5.64. The van der Waals surface area contributed by atoms with Crippen molar-refractivity contribution in [2.75, 3.05) is 6.54 Å². The number of hydrogen-bond acceptors (Lipinski definition) is 1. The highest BCUT2D eigenvalue weighted by atomic mass is 16.2. The van der Waals surface area contributed by atoms with Gasteiger partial charge in [0.15, 0.2) is 0 Å². The summed E-state index contributed by atoms with van der Waals surface area (Å²) in [5.41, 5.74) is 0.0621. The number of nitrogens with one attached hydrogen (secondary N) is 2.